The highest BCUT2D eigenvalue weighted by atomic mass is 16.9. The molecule has 0 radical (unpaired) electrons. The number of rotatable bonds is 7. The van der Waals surface area contributed by atoms with E-state index in [-0.39, 0.29) is 30.4 Å². The zero-order chi connectivity index (χ0) is 39.4. The fourth-order valence-electron chi connectivity index (χ4n) is 12.6. The summed E-state index contributed by atoms with van der Waals surface area (Å²) >= 11 is 0. The van der Waals surface area contributed by atoms with Gasteiger partial charge in [0.05, 0.1) is 29.9 Å². The van der Waals surface area contributed by atoms with Gasteiger partial charge in [0.25, 0.3) is 0 Å². The Morgan fingerprint density at radius 1 is 0.857 bits per heavy atom. The lowest BCUT2D eigenvalue weighted by atomic mass is 9.51. The Morgan fingerprint density at radius 2 is 1.50 bits per heavy atom. The molecule has 304 valence electrons. The molecule has 12 heteroatoms. The summed E-state index contributed by atoms with van der Waals surface area (Å²) in [7, 11) is 0. The molecule has 56 heavy (non-hydrogen) atoms. The summed E-state index contributed by atoms with van der Waals surface area (Å²) in [5, 5.41) is 50.2. The van der Waals surface area contributed by atoms with Crippen LogP contribution >= 0.6 is 0 Å². The Morgan fingerprint density at radius 3 is 2.14 bits per heavy atom. The molecule has 2 aromatic carbocycles. The van der Waals surface area contributed by atoms with Crippen LogP contribution in [0.15, 0.2) is 60.7 Å². The molecule has 4 N–H and O–H groups in total. The van der Waals surface area contributed by atoms with Crippen LogP contribution in [0.4, 0.5) is 0 Å². The molecule has 0 amide bonds. The Labute approximate surface area is 327 Å². The third kappa shape index (κ3) is 5.19. The zero-order valence-corrected chi connectivity index (χ0v) is 32.6. The molecule has 16 atom stereocenters. The number of epoxide rings is 1. The maximum Gasteiger partial charge on any atom is 0.338 e. The Kier molecular flexibility index (Phi) is 9.34. The summed E-state index contributed by atoms with van der Waals surface area (Å²) in [6.45, 7) is 7.36. The minimum atomic E-state index is -2.25. The van der Waals surface area contributed by atoms with Crippen molar-refractivity contribution < 1.29 is 58.4 Å². The Hall–Kier alpha value is -2.94. The van der Waals surface area contributed by atoms with E-state index in [2.05, 4.69) is 6.92 Å². The van der Waals surface area contributed by atoms with E-state index in [0.717, 1.165) is 25.7 Å². The van der Waals surface area contributed by atoms with Gasteiger partial charge in [-0.15, -0.1) is 0 Å². The summed E-state index contributed by atoms with van der Waals surface area (Å²) in [6, 6.07) is 17.3. The first-order chi connectivity index (χ1) is 26.8. The van der Waals surface area contributed by atoms with Gasteiger partial charge in [0.1, 0.15) is 47.3 Å². The quantitative estimate of drug-likeness (QED) is 0.231. The Bertz CT molecular complexity index is 1810. The van der Waals surface area contributed by atoms with Gasteiger partial charge in [-0.1, -0.05) is 96.2 Å². The van der Waals surface area contributed by atoms with Crippen LogP contribution in [0.1, 0.15) is 93.4 Å². The van der Waals surface area contributed by atoms with Crippen LogP contribution in [0.3, 0.4) is 0 Å². The van der Waals surface area contributed by atoms with Gasteiger partial charge < -0.3 is 48.8 Å². The number of carbonyl (C=O) groups is 2. The number of esters is 2. The monoisotopic (exact) mass is 776 g/mol. The largest absolute Gasteiger partial charge is 0.462 e. The van der Waals surface area contributed by atoms with Gasteiger partial charge in [-0.2, -0.15) is 0 Å². The van der Waals surface area contributed by atoms with Crippen molar-refractivity contribution in [2.75, 3.05) is 13.2 Å². The van der Waals surface area contributed by atoms with Crippen molar-refractivity contribution in [2.24, 2.45) is 41.4 Å². The minimum Gasteiger partial charge on any atom is -0.462 e. The first-order valence-electron chi connectivity index (χ1n) is 20.7. The van der Waals surface area contributed by atoms with Crippen LogP contribution in [0.5, 0.6) is 0 Å². The van der Waals surface area contributed by atoms with E-state index in [1.54, 1.807) is 54.6 Å². The van der Waals surface area contributed by atoms with Gasteiger partial charge in [-0.25, -0.2) is 9.59 Å². The zero-order valence-electron chi connectivity index (χ0n) is 32.6. The topological polar surface area (TPSA) is 174 Å². The van der Waals surface area contributed by atoms with Gasteiger partial charge in [0.2, 0.25) is 0 Å². The molecule has 2 aromatic rings. The van der Waals surface area contributed by atoms with E-state index >= 15 is 0 Å². The van der Waals surface area contributed by atoms with Gasteiger partial charge in [-0.05, 0) is 60.8 Å². The van der Waals surface area contributed by atoms with Crippen LogP contribution in [0.2, 0.25) is 0 Å². The fraction of sp³-hybridized carbons (Fsp3) is 0.682. The van der Waals surface area contributed by atoms with E-state index in [0.29, 0.717) is 18.4 Å². The molecule has 7 fully saturated rings. The molecular weight excluding hydrogens is 720 g/mol. The highest BCUT2D eigenvalue weighted by Crippen LogP contribution is 2.76. The van der Waals surface area contributed by atoms with Gasteiger partial charge in [0.15, 0.2) is 0 Å². The molecule has 3 bridgehead atoms. The lowest BCUT2D eigenvalue weighted by Gasteiger charge is -2.62. The predicted octanol–water partition coefficient (Wildman–Crippen LogP) is 4.41. The third-order valence-corrected chi connectivity index (χ3v) is 15.2. The fourth-order valence-corrected chi connectivity index (χ4v) is 12.6. The van der Waals surface area contributed by atoms with Crippen molar-refractivity contribution in [1.82, 2.24) is 0 Å². The summed E-state index contributed by atoms with van der Waals surface area (Å²) in [6.07, 6.45) is -1.08. The number of aliphatic hydroxyl groups is 4. The van der Waals surface area contributed by atoms with E-state index in [1.165, 1.54) is 0 Å². The van der Waals surface area contributed by atoms with Crippen LogP contribution in [-0.2, 0) is 28.4 Å². The first kappa shape index (κ1) is 38.6. The molecule has 4 heterocycles. The second-order valence-corrected chi connectivity index (χ2v) is 18.2. The lowest BCUT2D eigenvalue weighted by Crippen LogP contribution is -2.75. The first-order valence-corrected chi connectivity index (χ1v) is 20.7. The molecule has 1 unspecified atom stereocenters. The number of ether oxygens (including phenoxy) is 6. The van der Waals surface area contributed by atoms with E-state index in [9.17, 15) is 30.0 Å². The van der Waals surface area contributed by atoms with Gasteiger partial charge in [-0.3, -0.25) is 0 Å². The summed E-state index contributed by atoms with van der Waals surface area (Å²) < 4.78 is 40.6. The number of carbonyl (C=O) groups excluding carboxylic acids is 2. The van der Waals surface area contributed by atoms with E-state index in [1.807, 2.05) is 26.8 Å². The van der Waals surface area contributed by atoms with E-state index < -0.39 is 107 Å². The molecule has 7 aliphatic rings. The molecular formula is C44H56O12. The SMILES string of the molecule is CC(C)[C@]12C[C@@H](COC(=O)c3ccccc3)[C@@]34OC5(O[C@@H]1[C@@H]3[C@@H]1O[C@]1(CO)[C@@H](O)[C@@]1(O)[C@H]4[C@H]([C@H](C)[C@@H]1OC(=O)c1ccccc1)[C@H](C)CCCCCC[C@H]5O)O2. The molecule has 9 rings (SSSR count). The van der Waals surface area contributed by atoms with Crippen molar-refractivity contribution >= 4 is 11.9 Å². The number of hydrogen-bond donors (Lipinski definition) is 4. The summed E-state index contributed by atoms with van der Waals surface area (Å²) in [5.74, 6) is -6.80. The number of fused-ring (bicyclic) bond motifs is 1. The van der Waals surface area contributed by atoms with Gasteiger partial charge in [0, 0.05) is 17.8 Å². The van der Waals surface area contributed by atoms with Crippen molar-refractivity contribution in [3.8, 4) is 0 Å². The van der Waals surface area contributed by atoms with Crippen LogP contribution in [0.25, 0.3) is 0 Å². The average molecular weight is 777 g/mol. The molecule has 4 aliphatic heterocycles. The van der Waals surface area contributed by atoms with Crippen LogP contribution < -0.4 is 0 Å². The normalized spacial score (nSPS) is 47.5. The molecule has 3 saturated carbocycles. The van der Waals surface area contributed by atoms with Crippen molar-refractivity contribution in [1.29, 1.82) is 0 Å². The van der Waals surface area contributed by atoms with Crippen molar-refractivity contribution in [2.45, 2.75) is 132 Å². The van der Waals surface area contributed by atoms with Crippen molar-refractivity contribution in [3.63, 3.8) is 0 Å². The van der Waals surface area contributed by atoms with E-state index in [4.69, 9.17) is 28.4 Å². The lowest BCUT2D eigenvalue weighted by molar-refractivity contribution is -0.459. The molecule has 3 aliphatic carbocycles. The molecule has 2 spiro atoms. The van der Waals surface area contributed by atoms with Crippen LogP contribution in [-0.4, -0.2) is 104 Å². The second-order valence-electron chi connectivity index (χ2n) is 18.2. The van der Waals surface area contributed by atoms with Crippen LogP contribution in [0, 0.1) is 41.4 Å². The summed E-state index contributed by atoms with van der Waals surface area (Å²) in [4.78, 5) is 27.7. The highest BCUT2D eigenvalue weighted by Gasteiger charge is 2.91. The smallest absolute Gasteiger partial charge is 0.338 e. The minimum absolute atomic E-state index is 0.0689. The standard InChI is InChI=1S/C44H56O12/c1-24(2)40-21-29(22-51-37(47)27-16-10-7-11-17-27)43-32-35(40)54-44(55-40,56-43)30(46)20-14-6-5-9-15-25(3)31-26(4)34(52-38(48)28-18-12-8-13-19-28)42(50,33(31)43)39(49)41(23-45)36(32)53-41/h7-8,10-13,16-19,24-26,29-36,39,45-46,49-50H,5-6,9,14-15,20-23H2,1-4H3/t25-,26+,29+,30-,31+,32-,33-,34+,35-,36+,39-,40-,41+,42-,43-,44?/m1/s1. The average Bonchev–Trinajstić information content (AvgIpc) is 3.84. The van der Waals surface area contributed by atoms with Crippen molar-refractivity contribution in [3.05, 3.63) is 71.8 Å². The molecule has 4 saturated heterocycles. The predicted molar refractivity (Wildman–Crippen MR) is 199 cm³/mol. The number of benzene rings is 2. The molecule has 12 nitrogen and oxygen atoms in total. The maximum absolute atomic E-state index is 14.0. The highest BCUT2D eigenvalue weighted by molar-refractivity contribution is 5.90. The third-order valence-electron chi connectivity index (χ3n) is 15.2. The van der Waals surface area contributed by atoms with Gasteiger partial charge >= 0.3 is 17.9 Å². The Balaban J connectivity index is 1.28. The maximum atomic E-state index is 14.0. The second kappa shape index (κ2) is 13.6. The number of hydrogen-bond acceptors (Lipinski definition) is 12. The summed E-state index contributed by atoms with van der Waals surface area (Å²) in [5.41, 5.74) is -5.87. The number of aliphatic hydroxyl groups excluding tert-OH is 3. The molecule has 0 aromatic heterocycles.